The zero-order valence-corrected chi connectivity index (χ0v) is 16.8. The average molecular weight is 420 g/mol. The predicted molar refractivity (Wildman–Crippen MR) is 116 cm³/mol. The molecule has 0 radical (unpaired) electrons. The van der Waals surface area contributed by atoms with Crippen LogP contribution < -0.4 is 10.9 Å². The van der Waals surface area contributed by atoms with Crippen molar-refractivity contribution in [3.8, 4) is 5.69 Å². The normalized spacial score (nSPS) is 10.9. The minimum Gasteiger partial charge on any atom is -0.325 e. The Balaban J connectivity index is 1.64. The van der Waals surface area contributed by atoms with Gasteiger partial charge in [0.15, 0.2) is 10.8 Å². The maximum atomic E-state index is 13.7. The molecule has 150 valence electrons. The van der Waals surface area contributed by atoms with E-state index in [1.807, 2.05) is 18.2 Å². The van der Waals surface area contributed by atoms with Crippen molar-refractivity contribution in [2.24, 2.45) is 0 Å². The molecule has 0 bridgehead atoms. The van der Waals surface area contributed by atoms with Gasteiger partial charge in [-0.25, -0.2) is 14.4 Å². The van der Waals surface area contributed by atoms with Gasteiger partial charge in [-0.3, -0.25) is 14.2 Å². The maximum absolute atomic E-state index is 13.7. The number of anilines is 1. The lowest BCUT2D eigenvalue weighted by molar-refractivity contribution is -0.113. The van der Waals surface area contributed by atoms with Gasteiger partial charge < -0.3 is 5.32 Å². The van der Waals surface area contributed by atoms with E-state index in [9.17, 15) is 14.0 Å². The summed E-state index contributed by atoms with van der Waals surface area (Å²) in [5.74, 6) is -0.730. The number of para-hydroxylation sites is 1. The van der Waals surface area contributed by atoms with E-state index < -0.39 is 0 Å². The number of hydrogen-bond donors (Lipinski definition) is 1. The van der Waals surface area contributed by atoms with Gasteiger partial charge in [0.05, 0.1) is 16.8 Å². The number of aromatic nitrogens is 3. The first kappa shape index (κ1) is 19.8. The van der Waals surface area contributed by atoms with Crippen molar-refractivity contribution in [2.75, 3.05) is 11.1 Å². The van der Waals surface area contributed by atoms with Crippen molar-refractivity contribution in [3.63, 3.8) is 0 Å². The SMILES string of the molecule is Cc1ccc(NC(=O)CSc2nc3ncccc3c(=O)n2-c2ccccc2)cc1F. The number of amides is 1. The van der Waals surface area contributed by atoms with Crippen LogP contribution >= 0.6 is 11.8 Å². The van der Waals surface area contributed by atoms with Crippen LogP contribution in [-0.4, -0.2) is 26.2 Å². The Morgan fingerprint density at radius 2 is 1.93 bits per heavy atom. The number of hydrogen-bond acceptors (Lipinski definition) is 5. The molecule has 0 fully saturated rings. The lowest BCUT2D eigenvalue weighted by atomic mass is 10.2. The lowest BCUT2D eigenvalue weighted by Crippen LogP contribution is -2.23. The largest absolute Gasteiger partial charge is 0.325 e. The first-order valence-electron chi connectivity index (χ1n) is 9.15. The highest BCUT2D eigenvalue weighted by Crippen LogP contribution is 2.21. The van der Waals surface area contributed by atoms with Crippen LogP contribution in [0.5, 0.6) is 0 Å². The van der Waals surface area contributed by atoms with Gasteiger partial charge in [0.2, 0.25) is 5.91 Å². The van der Waals surface area contributed by atoms with E-state index in [4.69, 9.17) is 0 Å². The Hall–Kier alpha value is -3.52. The van der Waals surface area contributed by atoms with Gasteiger partial charge in [0.25, 0.3) is 5.56 Å². The molecular formula is C22H17FN4O2S. The molecule has 2 aromatic carbocycles. The number of fused-ring (bicyclic) bond motifs is 1. The van der Waals surface area contributed by atoms with Crippen molar-refractivity contribution in [1.82, 2.24) is 14.5 Å². The van der Waals surface area contributed by atoms with Crippen LogP contribution in [0, 0.1) is 12.7 Å². The second-order valence-electron chi connectivity index (χ2n) is 6.55. The van der Waals surface area contributed by atoms with Crippen LogP contribution in [0.4, 0.5) is 10.1 Å². The van der Waals surface area contributed by atoms with Gasteiger partial charge in [-0.1, -0.05) is 36.0 Å². The minimum absolute atomic E-state index is 0.00684. The van der Waals surface area contributed by atoms with Gasteiger partial charge in [-0.05, 0) is 48.9 Å². The molecule has 1 amide bonds. The first-order chi connectivity index (χ1) is 14.5. The second kappa shape index (κ2) is 8.46. The number of nitrogens with one attached hydrogen (secondary N) is 1. The standard InChI is InChI=1S/C22H17FN4O2S/c1-14-9-10-15(12-18(14)23)25-19(28)13-30-22-26-20-17(8-5-11-24-20)21(29)27(22)16-6-3-2-4-7-16/h2-12H,13H2,1H3,(H,25,28). The van der Waals surface area contributed by atoms with E-state index in [0.29, 0.717) is 33.1 Å². The fraction of sp³-hybridized carbons (Fsp3) is 0.0909. The highest BCUT2D eigenvalue weighted by molar-refractivity contribution is 7.99. The van der Waals surface area contributed by atoms with Gasteiger partial charge in [-0.15, -0.1) is 0 Å². The van der Waals surface area contributed by atoms with Crippen LogP contribution in [0.3, 0.4) is 0 Å². The molecule has 0 unspecified atom stereocenters. The number of nitrogens with zero attached hydrogens (tertiary/aromatic N) is 3. The van der Waals surface area contributed by atoms with Crippen LogP contribution in [0.1, 0.15) is 5.56 Å². The molecule has 0 saturated carbocycles. The minimum atomic E-state index is -0.388. The Morgan fingerprint density at radius 3 is 2.70 bits per heavy atom. The van der Waals surface area contributed by atoms with E-state index in [1.54, 1.807) is 49.5 Å². The summed E-state index contributed by atoms with van der Waals surface area (Å²) >= 11 is 1.11. The molecule has 4 rings (SSSR count). The Kier molecular flexibility index (Phi) is 5.58. The van der Waals surface area contributed by atoms with Crippen molar-refractivity contribution >= 4 is 34.4 Å². The number of carbonyl (C=O) groups is 1. The number of halogens is 1. The highest BCUT2D eigenvalue weighted by atomic mass is 32.2. The summed E-state index contributed by atoms with van der Waals surface area (Å²) in [7, 11) is 0. The summed E-state index contributed by atoms with van der Waals surface area (Å²) in [5.41, 5.74) is 1.57. The fourth-order valence-electron chi connectivity index (χ4n) is 2.90. The van der Waals surface area contributed by atoms with E-state index >= 15 is 0 Å². The molecule has 4 aromatic rings. The summed E-state index contributed by atoms with van der Waals surface area (Å²) in [5, 5.41) is 3.40. The fourth-order valence-corrected chi connectivity index (χ4v) is 3.70. The third-order valence-electron chi connectivity index (χ3n) is 4.42. The first-order valence-corrected chi connectivity index (χ1v) is 10.1. The number of benzene rings is 2. The van der Waals surface area contributed by atoms with Crippen LogP contribution in [0.2, 0.25) is 0 Å². The van der Waals surface area contributed by atoms with Crippen molar-refractivity contribution in [3.05, 3.63) is 88.6 Å². The van der Waals surface area contributed by atoms with Crippen LogP contribution in [0.15, 0.2) is 76.8 Å². The number of thioether (sulfide) groups is 1. The second-order valence-corrected chi connectivity index (χ2v) is 7.49. The molecule has 0 spiro atoms. The topological polar surface area (TPSA) is 76.9 Å². The molecule has 0 saturated heterocycles. The maximum Gasteiger partial charge on any atom is 0.268 e. The van der Waals surface area contributed by atoms with Gasteiger partial charge >= 0.3 is 0 Å². The molecule has 30 heavy (non-hydrogen) atoms. The number of rotatable bonds is 5. The quantitative estimate of drug-likeness (QED) is 0.391. The molecule has 0 aliphatic carbocycles. The summed E-state index contributed by atoms with van der Waals surface area (Å²) in [6, 6.07) is 17.0. The number of carbonyl (C=O) groups excluding carboxylic acids is 1. The molecule has 2 aromatic heterocycles. The summed E-state index contributed by atoms with van der Waals surface area (Å²) < 4.78 is 15.2. The van der Waals surface area contributed by atoms with E-state index in [-0.39, 0.29) is 23.0 Å². The zero-order valence-electron chi connectivity index (χ0n) is 16.0. The van der Waals surface area contributed by atoms with Crippen molar-refractivity contribution in [1.29, 1.82) is 0 Å². The monoisotopic (exact) mass is 420 g/mol. The lowest BCUT2D eigenvalue weighted by Gasteiger charge is -2.13. The van der Waals surface area contributed by atoms with Gasteiger partial charge in [0, 0.05) is 11.9 Å². The van der Waals surface area contributed by atoms with Crippen LogP contribution in [0.25, 0.3) is 16.7 Å². The van der Waals surface area contributed by atoms with Crippen molar-refractivity contribution in [2.45, 2.75) is 12.1 Å². The Labute approximate surface area is 175 Å². The Bertz CT molecular complexity index is 1290. The zero-order chi connectivity index (χ0) is 21.1. The Morgan fingerprint density at radius 1 is 1.13 bits per heavy atom. The summed E-state index contributed by atoms with van der Waals surface area (Å²) in [6.07, 6.45) is 1.56. The van der Waals surface area contributed by atoms with E-state index in [1.165, 1.54) is 10.6 Å². The molecule has 0 atom stereocenters. The third-order valence-corrected chi connectivity index (χ3v) is 5.35. The molecule has 0 aliphatic heterocycles. The molecule has 8 heteroatoms. The molecule has 1 N–H and O–H groups in total. The third kappa shape index (κ3) is 4.08. The van der Waals surface area contributed by atoms with Crippen LogP contribution in [-0.2, 0) is 4.79 Å². The molecule has 6 nitrogen and oxygen atoms in total. The highest BCUT2D eigenvalue weighted by Gasteiger charge is 2.15. The van der Waals surface area contributed by atoms with Gasteiger partial charge in [0.1, 0.15) is 5.82 Å². The number of pyridine rings is 1. The molecule has 2 heterocycles. The van der Waals surface area contributed by atoms with E-state index in [0.717, 1.165) is 11.8 Å². The molecular weight excluding hydrogens is 403 g/mol. The van der Waals surface area contributed by atoms with Crippen molar-refractivity contribution < 1.29 is 9.18 Å². The van der Waals surface area contributed by atoms with E-state index in [2.05, 4.69) is 15.3 Å². The molecule has 0 aliphatic rings. The van der Waals surface area contributed by atoms with Gasteiger partial charge in [-0.2, -0.15) is 0 Å². The number of aryl methyl sites for hydroxylation is 1. The summed E-state index contributed by atoms with van der Waals surface area (Å²) in [4.78, 5) is 34.1. The average Bonchev–Trinajstić information content (AvgIpc) is 2.75. The summed E-state index contributed by atoms with van der Waals surface area (Å²) in [6.45, 7) is 1.65. The smallest absolute Gasteiger partial charge is 0.268 e. The predicted octanol–water partition coefficient (Wildman–Crippen LogP) is 3.96.